The molecule has 0 aliphatic carbocycles. The molecular weight excluding hydrogens is 267 g/mol. The molecule has 0 unspecified atom stereocenters. The van der Waals surface area contributed by atoms with E-state index in [-0.39, 0.29) is 53.3 Å². The molecule has 0 saturated heterocycles. The molecule has 0 spiro atoms. The first kappa shape index (κ1) is 36.1. The average Bonchev–Trinajstić information content (AvgIpc) is 2.05. The standard InChI is InChI=1S/C9H7NO.Co.5H2N/c1-7(11)9-4-2-8(6-10)3-5-9;;;;;;/h2-5H,1H3;;5*1H2/q;+3;5*-1. The molecule has 8 heteroatoms. The van der Waals surface area contributed by atoms with Crippen molar-refractivity contribution >= 4 is 5.78 Å². The molecular formula is C9H17CoN6O-2. The molecule has 0 radical (unpaired) electrons. The van der Waals surface area contributed by atoms with Gasteiger partial charge in [0.25, 0.3) is 0 Å². The van der Waals surface area contributed by atoms with Gasteiger partial charge in [0.05, 0.1) is 11.6 Å². The molecule has 10 N–H and O–H groups in total. The predicted octanol–water partition coefficient (Wildman–Crippen LogP) is 5.34. The van der Waals surface area contributed by atoms with E-state index in [0.29, 0.717) is 11.1 Å². The minimum Gasteiger partial charge on any atom is -0.693 e. The summed E-state index contributed by atoms with van der Waals surface area (Å²) in [6.07, 6.45) is 0. The number of carbonyl (C=O) groups excluding carboxylic acids is 1. The van der Waals surface area contributed by atoms with Gasteiger partial charge in [-0.2, -0.15) is 5.26 Å². The summed E-state index contributed by atoms with van der Waals surface area (Å²) < 4.78 is 0. The van der Waals surface area contributed by atoms with Gasteiger partial charge in [0, 0.05) is 5.56 Å². The SMILES string of the molecule is CC(=O)c1ccc(C#N)cc1.[Co+3].[NH2-].[NH2-].[NH2-].[NH2-].[NH2-]. The Morgan fingerprint density at radius 2 is 1.35 bits per heavy atom. The molecule has 7 nitrogen and oxygen atoms in total. The van der Waals surface area contributed by atoms with Crippen LogP contribution in [0.25, 0.3) is 30.8 Å². The molecule has 0 aromatic heterocycles. The second-order valence-electron chi connectivity index (χ2n) is 2.25. The minimum atomic E-state index is 0. The number of hydrogen-bond donors (Lipinski definition) is 0. The van der Waals surface area contributed by atoms with E-state index in [1.54, 1.807) is 24.3 Å². The third-order valence-electron chi connectivity index (χ3n) is 1.42. The van der Waals surface area contributed by atoms with Gasteiger partial charge in [-0.1, -0.05) is 12.1 Å². The van der Waals surface area contributed by atoms with Crippen molar-refractivity contribution in [3.63, 3.8) is 0 Å². The van der Waals surface area contributed by atoms with Crippen LogP contribution in [0.3, 0.4) is 0 Å². The number of nitrogens with zero attached hydrogens (tertiary/aromatic N) is 1. The summed E-state index contributed by atoms with van der Waals surface area (Å²) in [5.74, 6) is 0.0227. The van der Waals surface area contributed by atoms with Gasteiger partial charge in [0.15, 0.2) is 5.78 Å². The van der Waals surface area contributed by atoms with Crippen molar-refractivity contribution in [1.29, 1.82) is 5.26 Å². The smallest absolute Gasteiger partial charge is 0.693 e. The fourth-order valence-electron chi connectivity index (χ4n) is 0.779. The molecule has 0 fully saturated rings. The summed E-state index contributed by atoms with van der Waals surface area (Å²) in [6, 6.07) is 8.56. The van der Waals surface area contributed by atoms with Crippen LogP contribution in [0.5, 0.6) is 0 Å². The van der Waals surface area contributed by atoms with E-state index in [4.69, 9.17) is 5.26 Å². The van der Waals surface area contributed by atoms with Crippen LogP contribution in [-0.4, -0.2) is 5.78 Å². The zero-order valence-corrected chi connectivity index (χ0v) is 10.4. The third-order valence-corrected chi connectivity index (χ3v) is 1.42. The normalized spacial score (nSPS) is 5.65. The molecule has 1 aromatic carbocycles. The molecule has 0 atom stereocenters. The van der Waals surface area contributed by atoms with Crippen molar-refractivity contribution in [1.82, 2.24) is 0 Å². The van der Waals surface area contributed by atoms with Crippen molar-refractivity contribution in [2.45, 2.75) is 6.92 Å². The van der Waals surface area contributed by atoms with Crippen molar-refractivity contribution < 1.29 is 21.6 Å². The first-order valence-electron chi connectivity index (χ1n) is 3.25. The molecule has 0 aliphatic rings. The van der Waals surface area contributed by atoms with Crippen LogP contribution in [0.4, 0.5) is 0 Å². The summed E-state index contributed by atoms with van der Waals surface area (Å²) in [6.45, 7) is 1.50. The number of rotatable bonds is 1. The number of carbonyl (C=O) groups is 1. The van der Waals surface area contributed by atoms with E-state index in [1.165, 1.54) is 6.92 Å². The fraction of sp³-hybridized carbons (Fsp3) is 0.111. The van der Waals surface area contributed by atoms with Gasteiger partial charge in [-0.3, -0.25) is 4.79 Å². The maximum absolute atomic E-state index is 10.8. The van der Waals surface area contributed by atoms with E-state index in [2.05, 4.69) is 0 Å². The number of Topliss-reactive ketones (excluding diaryl/α,β-unsaturated/α-hetero) is 1. The van der Waals surface area contributed by atoms with Crippen molar-refractivity contribution in [3.05, 3.63) is 66.1 Å². The van der Waals surface area contributed by atoms with E-state index in [9.17, 15) is 4.79 Å². The topological polar surface area (TPSA) is 208 Å². The summed E-state index contributed by atoms with van der Waals surface area (Å²) in [5.41, 5.74) is 1.22. The Labute approximate surface area is 112 Å². The Kier molecular flexibility index (Phi) is 36.3. The van der Waals surface area contributed by atoms with Crippen LogP contribution < -0.4 is 0 Å². The van der Waals surface area contributed by atoms with E-state index in [0.717, 1.165) is 0 Å². The monoisotopic (exact) mass is 284 g/mol. The quantitative estimate of drug-likeness (QED) is 0.624. The van der Waals surface area contributed by atoms with Gasteiger partial charge in [-0.25, -0.2) is 0 Å². The maximum atomic E-state index is 10.8. The molecule has 0 amide bonds. The molecule has 100 valence electrons. The fourth-order valence-corrected chi connectivity index (χ4v) is 0.779. The molecule has 17 heavy (non-hydrogen) atoms. The largest absolute Gasteiger partial charge is 3.00 e. The van der Waals surface area contributed by atoms with Gasteiger partial charge in [0.2, 0.25) is 0 Å². The zero-order chi connectivity index (χ0) is 8.27. The molecule has 0 heterocycles. The van der Waals surface area contributed by atoms with Crippen LogP contribution in [0, 0.1) is 11.3 Å². The Hall–Kier alpha value is -1.31. The van der Waals surface area contributed by atoms with E-state index < -0.39 is 0 Å². The average molecular weight is 284 g/mol. The predicted molar refractivity (Wildman–Crippen MR) is 67.6 cm³/mol. The van der Waals surface area contributed by atoms with Gasteiger partial charge >= 0.3 is 16.8 Å². The third kappa shape index (κ3) is 11.0. The van der Waals surface area contributed by atoms with Crippen LogP contribution in [0.15, 0.2) is 24.3 Å². The van der Waals surface area contributed by atoms with Crippen molar-refractivity contribution in [2.75, 3.05) is 0 Å². The van der Waals surface area contributed by atoms with Gasteiger partial charge in [-0.05, 0) is 19.1 Å². The number of ketones is 1. The van der Waals surface area contributed by atoms with Crippen molar-refractivity contribution in [2.24, 2.45) is 0 Å². The first-order valence-corrected chi connectivity index (χ1v) is 3.25. The second-order valence-corrected chi connectivity index (χ2v) is 2.25. The maximum Gasteiger partial charge on any atom is 3.00 e. The molecule has 0 bridgehead atoms. The molecule has 1 aromatic rings. The van der Waals surface area contributed by atoms with Gasteiger partial charge < -0.3 is 30.8 Å². The summed E-state index contributed by atoms with van der Waals surface area (Å²) >= 11 is 0. The van der Waals surface area contributed by atoms with Crippen LogP contribution in [0.1, 0.15) is 22.8 Å². The number of nitriles is 1. The summed E-state index contributed by atoms with van der Waals surface area (Å²) in [4.78, 5) is 10.8. The molecule has 1 rings (SSSR count). The molecule has 0 saturated carbocycles. The number of nitrogens with two attached hydrogens (primary N) is 5. The Bertz CT molecular complexity index is 321. The minimum absolute atomic E-state index is 0. The zero-order valence-electron chi connectivity index (χ0n) is 9.38. The number of benzene rings is 1. The number of hydrogen-bond acceptors (Lipinski definition) is 2. The first-order chi connectivity index (χ1) is 5.24. The summed E-state index contributed by atoms with van der Waals surface area (Å²) in [5, 5.41) is 8.43. The van der Waals surface area contributed by atoms with Gasteiger partial charge in [0.1, 0.15) is 0 Å². The summed E-state index contributed by atoms with van der Waals surface area (Å²) in [7, 11) is 0. The second kappa shape index (κ2) is 17.1. The van der Waals surface area contributed by atoms with E-state index >= 15 is 0 Å². The Morgan fingerprint density at radius 3 is 1.59 bits per heavy atom. The molecule has 0 aliphatic heterocycles. The van der Waals surface area contributed by atoms with Gasteiger partial charge in [-0.15, -0.1) is 0 Å². The van der Waals surface area contributed by atoms with Crippen LogP contribution in [-0.2, 0) is 16.8 Å². The van der Waals surface area contributed by atoms with Crippen LogP contribution >= 0.6 is 0 Å². The Morgan fingerprint density at radius 1 is 1.00 bits per heavy atom. The van der Waals surface area contributed by atoms with Crippen LogP contribution in [0.2, 0.25) is 0 Å². The van der Waals surface area contributed by atoms with E-state index in [1.807, 2.05) is 6.07 Å². The Balaban J connectivity index is -0.0000000504. The van der Waals surface area contributed by atoms with Crippen molar-refractivity contribution in [3.8, 4) is 6.07 Å².